The molecule has 1 aliphatic rings. The average Bonchev–Trinajstić information content (AvgIpc) is 3.05. The summed E-state index contributed by atoms with van der Waals surface area (Å²) in [5, 5.41) is 2.54. The summed E-state index contributed by atoms with van der Waals surface area (Å²) in [7, 11) is -2.06. The summed E-state index contributed by atoms with van der Waals surface area (Å²) >= 11 is 5.63. The van der Waals surface area contributed by atoms with Crippen LogP contribution in [-0.2, 0) is 21.9 Å². The lowest BCUT2D eigenvalue weighted by Gasteiger charge is -2.30. The minimum Gasteiger partial charge on any atom is -0.339 e. The van der Waals surface area contributed by atoms with Crippen molar-refractivity contribution in [1.82, 2.24) is 13.9 Å². The molecule has 140 valence electrons. The number of nitrogens with zero attached hydrogens (tertiary/aromatic N) is 3. The number of carbonyl (C=O) groups excluding carboxylic acids is 1. The summed E-state index contributed by atoms with van der Waals surface area (Å²) in [5.74, 6) is -1.51. The molecule has 3 rings (SSSR count). The smallest absolute Gasteiger partial charge is 0.262 e. The number of rotatable bonds is 4. The number of amides is 1. The quantitative estimate of drug-likeness (QED) is 0.853. The molecular formula is C16H18ClFN4O3S. The number of piperidine rings is 1. The Morgan fingerprint density at radius 1 is 1.42 bits per heavy atom. The van der Waals surface area contributed by atoms with Crippen molar-refractivity contribution in [2.24, 2.45) is 13.0 Å². The lowest BCUT2D eigenvalue weighted by Crippen LogP contribution is -2.43. The Labute approximate surface area is 155 Å². The molecule has 10 heteroatoms. The highest BCUT2D eigenvalue weighted by atomic mass is 35.5. The molecule has 1 fully saturated rings. The molecule has 2 aromatic rings. The van der Waals surface area contributed by atoms with Gasteiger partial charge in [0.2, 0.25) is 5.91 Å². The standard InChI is InChI=1S/C16H18ClFN4O3S/c1-21-9-15(19-10-21)26(24,25)22-6-2-3-11(8-22)16(23)20-12-4-5-13(17)14(18)7-12/h4-5,7,9-11H,2-3,6,8H2,1H3,(H,20,23)/t11-/m0/s1. The molecule has 0 saturated carbocycles. The minimum absolute atomic E-state index is 0.0340. The second-order valence-electron chi connectivity index (χ2n) is 6.20. The Kier molecular flexibility index (Phi) is 5.31. The lowest BCUT2D eigenvalue weighted by atomic mass is 9.99. The van der Waals surface area contributed by atoms with Crippen molar-refractivity contribution in [1.29, 1.82) is 0 Å². The molecule has 0 bridgehead atoms. The molecular weight excluding hydrogens is 383 g/mol. The lowest BCUT2D eigenvalue weighted by molar-refractivity contribution is -0.120. The topological polar surface area (TPSA) is 84.3 Å². The third-order valence-electron chi connectivity index (χ3n) is 4.23. The minimum atomic E-state index is -3.75. The van der Waals surface area contributed by atoms with Gasteiger partial charge in [0, 0.05) is 32.0 Å². The molecule has 2 heterocycles. The molecule has 26 heavy (non-hydrogen) atoms. The fourth-order valence-electron chi connectivity index (χ4n) is 2.85. The molecule has 0 unspecified atom stereocenters. The number of aromatic nitrogens is 2. The van der Waals surface area contributed by atoms with Gasteiger partial charge in [0.1, 0.15) is 5.82 Å². The maximum Gasteiger partial charge on any atom is 0.262 e. The van der Waals surface area contributed by atoms with E-state index in [0.29, 0.717) is 19.4 Å². The van der Waals surface area contributed by atoms with Crippen LogP contribution in [0.1, 0.15) is 12.8 Å². The summed E-state index contributed by atoms with van der Waals surface area (Å²) in [6.07, 6.45) is 3.95. The van der Waals surface area contributed by atoms with Crippen molar-refractivity contribution in [3.8, 4) is 0 Å². The Balaban J connectivity index is 1.71. The largest absolute Gasteiger partial charge is 0.339 e. The fourth-order valence-corrected chi connectivity index (χ4v) is 4.45. The van der Waals surface area contributed by atoms with Crippen molar-refractivity contribution < 1.29 is 17.6 Å². The number of sulfonamides is 1. The van der Waals surface area contributed by atoms with Gasteiger partial charge in [0.15, 0.2) is 5.03 Å². The van der Waals surface area contributed by atoms with Crippen molar-refractivity contribution in [3.63, 3.8) is 0 Å². The van der Waals surface area contributed by atoms with Crippen LogP contribution < -0.4 is 5.32 Å². The maximum absolute atomic E-state index is 13.5. The van der Waals surface area contributed by atoms with E-state index in [-0.39, 0.29) is 28.2 Å². The van der Waals surface area contributed by atoms with Crippen LogP contribution in [0.4, 0.5) is 10.1 Å². The molecule has 1 saturated heterocycles. The van der Waals surface area contributed by atoms with E-state index in [1.165, 1.54) is 29.0 Å². The number of halogens is 2. The Morgan fingerprint density at radius 2 is 2.19 bits per heavy atom. The van der Waals surface area contributed by atoms with Crippen LogP contribution in [-0.4, -0.2) is 41.3 Å². The van der Waals surface area contributed by atoms with Crippen molar-refractivity contribution in [2.75, 3.05) is 18.4 Å². The first-order valence-corrected chi connectivity index (χ1v) is 9.83. The molecule has 0 radical (unpaired) electrons. The first-order chi connectivity index (χ1) is 12.3. The number of hydrogen-bond donors (Lipinski definition) is 1. The maximum atomic E-state index is 13.5. The average molecular weight is 401 g/mol. The van der Waals surface area contributed by atoms with Gasteiger partial charge in [-0.3, -0.25) is 4.79 Å². The predicted molar refractivity (Wildman–Crippen MR) is 94.7 cm³/mol. The number of carbonyl (C=O) groups is 1. The van der Waals surface area contributed by atoms with Gasteiger partial charge in [-0.05, 0) is 31.0 Å². The predicted octanol–water partition coefficient (Wildman–Crippen LogP) is 2.25. The van der Waals surface area contributed by atoms with E-state index in [0.717, 1.165) is 6.07 Å². The number of aryl methyl sites for hydroxylation is 1. The first-order valence-electron chi connectivity index (χ1n) is 8.01. The van der Waals surface area contributed by atoms with Gasteiger partial charge in [-0.15, -0.1) is 0 Å². The van der Waals surface area contributed by atoms with Gasteiger partial charge in [-0.2, -0.15) is 4.31 Å². The van der Waals surface area contributed by atoms with E-state index < -0.39 is 21.8 Å². The first kappa shape index (κ1) is 18.8. The normalized spacial score (nSPS) is 18.7. The van der Waals surface area contributed by atoms with Crippen LogP contribution in [0, 0.1) is 11.7 Å². The highest BCUT2D eigenvalue weighted by Gasteiger charge is 2.34. The highest BCUT2D eigenvalue weighted by Crippen LogP contribution is 2.25. The van der Waals surface area contributed by atoms with E-state index in [1.807, 2.05) is 0 Å². The molecule has 1 aliphatic heterocycles. The zero-order valence-corrected chi connectivity index (χ0v) is 15.6. The van der Waals surface area contributed by atoms with Crippen molar-refractivity contribution in [3.05, 3.63) is 41.6 Å². The Bertz CT molecular complexity index is 931. The third kappa shape index (κ3) is 3.89. The number of imidazole rings is 1. The second kappa shape index (κ2) is 7.34. The molecule has 0 spiro atoms. The third-order valence-corrected chi connectivity index (χ3v) is 6.28. The zero-order valence-electron chi connectivity index (χ0n) is 14.0. The summed E-state index contributed by atoms with van der Waals surface area (Å²) in [5.41, 5.74) is 0.279. The molecule has 1 aromatic heterocycles. The number of benzene rings is 1. The van der Waals surface area contributed by atoms with E-state index in [9.17, 15) is 17.6 Å². The Hall–Kier alpha value is -1.97. The monoisotopic (exact) mass is 400 g/mol. The van der Waals surface area contributed by atoms with E-state index in [1.54, 1.807) is 11.6 Å². The van der Waals surface area contributed by atoms with Gasteiger partial charge in [-0.25, -0.2) is 17.8 Å². The Morgan fingerprint density at radius 3 is 2.85 bits per heavy atom. The van der Waals surface area contributed by atoms with E-state index in [4.69, 9.17) is 11.6 Å². The molecule has 1 aromatic carbocycles. The summed E-state index contributed by atoms with van der Waals surface area (Å²) < 4.78 is 41.6. The number of nitrogens with one attached hydrogen (secondary N) is 1. The number of hydrogen-bond acceptors (Lipinski definition) is 4. The van der Waals surface area contributed by atoms with Crippen molar-refractivity contribution in [2.45, 2.75) is 17.9 Å². The molecule has 0 aliphatic carbocycles. The summed E-state index contributed by atoms with van der Waals surface area (Å²) in [6.45, 7) is 0.388. The van der Waals surface area contributed by atoms with Crippen LogP contribution in [0.2, 0.25) is 5.02 Å². The van der Waals surface area contributed by atoms with Crippen LogP contribution in [0.3, 0.4) is 0 Å². The van der Waals surface area contributed by atoms with E-state index in [2.05, 4.69) is 10.3 Å². The van der Waals surface area contributed by atoms with Gasteiger partial charge < -0.3 is 9.88 Å². The van der Waals surface area contributed by atoms with Crippen LogP contribution >= 0.6 is 11.6 Å². The van der Waals surface area contributed by atoms with Crippen LogP contribution in [0.15, 0.2) is 35.7 Å². The van der Waals surface area contributed by atoms with Crippen molar-refractivity contribution >= 4 is 33.2 Å². The number of anilines is 1. The van der Waals surface area contributed by atoms with Gasteiger partial charge in [0.05, 0.1) is 17.3 Å². The highest BCUT2D eigenvalue weighted by molar-refractivity contribution is 7.89. The second-order valence-corrected chi connectivity index (χ2v) is 8.49. The summed E-state index contributed by atoms with van der Waals surface area (Å²) in [6, 6.07) is 3.98. The zero-order chi connectivity index (χ0) is 18.9. The molecule has 7 nitrogen and oxygen atoms in total. The van der Waals surface area contributed by atoms with Gasteiger partial charge >= 0.3 is 0 Å². The molecule has 1 N–H and O–H groups in total. The molecule has 1 atom stereocenters. The van der Waals surface area contributed by atoms with Crippen LogP contribution in [0.5, 0.6) is 0 Å². The summed E-state index contributed by atoms with van der Waals surface area (Å²) in [4.78, 5) is 16.4. The van der Waals surface area contributed by atoms with Gasteiger partial charge in [-0.1, -0.05) is 11.6 Å². The van der Waals surface area contributed by atoms with Crippen LogP contribution in [0.25, 0.3) is 0 Å². The van der Waals surface area contributed by atoms with E-state index >= 15 is 0 Å². The molecule has 1 amide bonds. The SMILES string of the molecule is Cn1cnc(S(=O)(=O)N2CCC[C@H](C(=O)Nc3ccc(Cl)c(F)c3)C2)c1. The van der Waals surface area contributed by atoms with Gasteiger partial charge in [0.25, 0.3) is 10.0 Å². The fraction of sp³-hybridized carbons (Fsp3) is 0.375.